The van der Waals surface area contributed by atoms with E-state index in [4.69, 9.17) is 11.1 Å². The second kappa shape index (κ2) is 6.57. The van der Waals surface area contributed by atoms with Crippen molar-refractivity contribution in [3.63, 3.8) is 0 Å². The van der Waals surface area contributed by atoms with Crippen LogP contribution in [-0.4, -0.2) is 22.6 Å². The highest BCUT2D eigenvalue weighted by Crippen LogP contribution is 2.32. The summed E-state index contributed by atoms with van der Waals surface area (Å²) >= 11 is 1.37. The Kier molecular flexibility index (Phi) is 4.78. The zero-order valence-corrected chi connectivity index (χ0v) is 12.4. The van der Waals surface area contributed by atoms with Crippen molar-refractivity contribution in [2.45, 2.75) is 19.3 Å². The molecule has 1 aromatic rings. The normalized spacial score (nSPS) is 15.0. The van der Waals surface area contributed by atoms with E-state index in [0.717, 1.165) is 11.4 Å². The number of amides is 1. The molecule has 5 nitrogen and oxygen atoms in total. The Hall–Kier alpha value is -2.10. The van der Waals surface area contributed by atoms with Gasteiger partial charge in [0.2, 0.25) is 0 Å². The first kappa shape index (κ1) is 15.3. The minimum atomic E-state index is -0.673. The zero-order chi connectivity index (χ0) is 15.4. The Morgan fingerprint density at radius 3 is 2.86 bits per heavy atom. The summed E-state index contributed by atoms with van der Waals surface area (Å²) in [5.74, 6) is 5.24. The van der Waals surface area contributed by atoms with E-state index in [1.807, 2.05) is 5.38 Å². The molecule has 1 amide bonds. The summed E-state index contributed by atoms with van der Waals surface area (Å²) in [5.41, 5.74) is -0.114. The Labute approximate surface area is 127 Å². The molecular formula is C15H17N3O2S. The largest absolute Gasteiger partial charge is 0.506 e. The van der Waals surface area contributed by atoms with Gasteiger partial charge in [-0.1, -0.05) is 25.5 Å². The first-order chi connectivity index (χ1) is 10.0. The molecule has 3 N–H and O–H groups in total. The van der Waals surface area contributed by atoms with E-state index >= 15 is 0 Å². The molecule has 0 saturated heterocycles. The quantitative estimate of drug-likeness (QED) is 0.161. The van der Waals surface area contributed by atoms with Gasteiger partial charge in [0.05, 0.1) is 0 Å². The van der Waals surface area contributed by atoms with Crippen LogP contribution in [0.2, 0.25) is 0 Å². The number of hydrazine groups is 1. The zero-order valence-electron chi connectivity index (χ0n) is 11.6. The molecule has 1 fully saturated rings. The van der Waals surface area contributed by atoms with Crippen LogP contribution in [0.25, 0.3) is 5.57 Å². The molecule has 2 rings (SSSR count). The van der Waals surface area contributed by atoms with E-state index in [1.54, 1.807) is 18.2 Å². The predicted molar refractivity (Wildman–Crippen MR) is 81.9 cm³/mol. The summed E-state index contributed by atoms with van der Waals surface area (Å²) in [6, 6.07) is 5.29. The molecule has 110 valence electrons. The topological polar surface area (TPSA) is 90.3 Å². The van der Waals surface area contributed by atoms with Crippen LogP contribution in [0.5, 0.6) is 0 Å². The average Bonchev–Trinajstić information content (AvgIpc) is 3.15. The standard InChI is InChI=1S/C15H17N3O2S/c1-10(13-3-2-8-21-13)14(19)12(9-16)15(20)18(17)7-6-11-4-5-11/h2-3,8,11,19H,1,4-7,17H2/b14-12+. The second-order valence-corrected chi connectivity index (χ2v) is 5.97. The van der Waals surface area contributed by atoms with Gasteiger partial charge in [-0.05, 0) is 23.8 Å². The number of hydrogen-bond acceptors (Lipinski definition) is 5. The van der Waals surface area contributed by atoms with Crippen LogP contribution in [-0.2, 0) is 4.79 Å². The van der Waals surface area contributed by atoms with Crippen molar-refractivity contribution >= 4 is 22.8 Å². The molecule has 0 bridgehead atoms. The van der Waals surface area contributed by atoms with Crippen LogP contribution in [0, 0.1) is 17.2 Å². The van der Waals surface area contributed by atoms with E-state index in [9.17, 15) is 9.90 Å². The Balaban J connectivity index is 2.12. The molecule has 0 aliphatic heterocycles. The maximum absolute atomic E-state index is 12.1. The van der Waals surface area contributed by atoms with Crippen molar-refractivity contribution in [3.05, 3.63) is 40.3 Å². The lowest BCUT2D eigenvalue weighted by atomic mass is 10.1. The maximum Gasteiger partial charge on any atom is 0.282 e. The summed E-state index contributed by atoms with van der Waals surface area (Å²) < 4.78 is 0. The number of hydrogen-bond donors (Lipinski definition) is 2. The van der Waals surface area contributed by atoms with E-state index < -0.39 is 11.7 Å². The fourth-order valence-corrected chi connectivity index (χ4v) is 2.59. The van der Waals surface area contributed by atoms with E-state index in [2.05, 4.69) is 6.58 Å². The highest BCUT2D eigenvalue weighted by molar-refractivity contribution is 7.11. The number of nitriles is 1. The number of carbonyl (C=O) groups is 1. The number of nitrogens with two attached hydrogens (primary N) is 1. The number of rotatable bonds is 6. The van der Waals surface area contributed by atoms with Crippen molar-refractivity contribution < 1.29 is 9.90 Å². The Bertz CT molecular complexity index is 609. The SMILES string of the molecule is C=C(/C(O)=C(/C#N)C(=O)N(N)CCC1CC1)c1cccs1. The molecule has 0 unspecified atom stereocenters. The summed E-state index contributed by atoms with van der Waals surface area (Å²) in [4.78, 5) is 12.8. The van der Waals surface area contributed by atoms with Crippen molar-refractivity contribution in [3.8, 4) is 6.07 Å². The van der Waals surface area contributed by atoms with Crippen LogP contribution in [0.15, 0.2) is 35.4 Å². The summed E-state index contributed by atoms with van der Waals surface area (Å²) in [5, 5.41) is 22.1. The van der Waals surface area contributed by atoms with Crippen LogP contribution >= 0.6 is 11.3 Å². The first-order valence-electron chi connectivity index (χ1n) is 6.67. The average molecular weight is 303 g/mol. The molecule has 1 aliphatic carbocycles. The number of aliphatic hydroxyl groups is 1. The van der Waals surface area contributed by atoms with Crippen molar-refractivity contribution in [1.82, 2.24) is 5.01 Å². The summed E-state index contributed by atoms with van der Waals surface area (Å²) in [6.07, 6.45) is 3.17. The van der Waals surface area contributed by atoms with Crippen LogP contribution in [0.1, 0.15) is 24.1 Å². The third-order valence-corrected chi connectivity index (χ3v) is 4.33. The summed E-state index contributed by atoms with van der Waals surface area (Å²) in [7, 11) is 0. The molecule has 21 heavy (non-hydrogen) atoms. The number of thiophene rings is 1. The first-order valence-corrected chi connectivity index (χ1v) is 7.55. The minimum absolute atomic E-state index is 0.255. The Morgan fingerprint density at radius 1 is 1.62 bits per heavy atom. The number of carbonyl (C=O) groups excluding carboxylic acids is 1. The van der Waals surface area contributed by atoms with Gasteiger partial charge in [-0.25, -0.2) is 5.84 Å². The maximum atomic E-state index is 12.1. The molecule has 0 spiro atoms. The highest BCUT2D eigenvalue weighted by Gasteiger charge is 2.25. The van der Waals surface area contributed by atoms with Gasteiger partial charge in [-0.2, -0.15) is 5.26 Å². The van der Waals surface area contributed by atoms with Gasteiger partial charge >= 0.3 is 0 Å². The minimum Gasteiger partial charge on any atom is -0.506 e. The van der Waals surface area contributed by atoms with Crippen LogP contribution < -0.4 is 5.84 Å². The smallest absolute Gasteiger partial charge is 0.282 e. The molecule has 0 radical (unpaired) electrons. The van der Waals surface area contributed by atoms with E-state index in [1.165, 1.54) is 24.2 Å². The van der Waals surface area contributed by atoms with E-state index in [0.29, 0.717) is 17.3 Å². The van der Waals surface area contributed by atoms with Gasteiger partial charge < -0.3 is 5.11 Å². The molecule has 0 aromatic carbocycles. The fraction of sp³-hybridized carbons (Fsp3) is 0.333. The Morgan fingerprint density at radius 2 is 2.33 bits per heavy atom. The highest BCUT2D eigenvalue weighted by atomic mass is 32.1. The molecule has 6 heteroatoms. The lowest BCUT2D eigenvalue weighted by Crippen LogP contribution is -2.39. The van der Waals surface area contributed by atoms with Gasteiger partial charge in [0.25, 0.3) is 5.91 Å². The lowest BCUT2D eigenvalue weighted by Gasteiger charge is -2.16. The summed E-state index contributed by atoms with van der Waals surface area (Å²) in [6.45, 7) is 4.11. The van der Waals surface area contributed by atoms with Gasteiger partial charge in [0, 0.05) is 17.0 Å². The second-order valence-electron chi connectivity index (χ2n) is 5.02. The van der Waals surface area contributed by atoms with Crippen LogP contribution in [0.3, 0.4) is 0 Å². The molecule has 1 aliphatic rings. The van der Waals surface area contributed by atoms with Gasteiger partial charge in [-0.3, -0.25) is 9.80 Å². The van der Waals surface area contributed by atoms with E-state index in [-0.39, 0.29) is 11.1 Å². The van der Waals surface area contributed by atoms with Crippen molar-refractivity contribution in [1.29, 1.82) is 5.26 Å². The van der Waals surface area contributed by atoms with Crippen molar-refractivity contribution in [2.75, 3.05) is 6.54 Å². The third-order valence-electron chi connectivity index (χ3n) is 3.40. The molecular weight excluding hydrogens is 286 g/mol. The molecule has 1 heterocycles. The van der Waals surface area contributed by atoms with Gasteiger partial charge in [0.15, 0.2) is 5.57 Å². The number of nitrogens with zero attached hydrogens (tertiary/aromatic N) is 2. The molecule has 1 aromatic heterocycles. The van der Waals surface area contributed by atoms with Gasteiger partial charge in [0.1, 0.15) is 11.8 Å². The fourth-order valence-electron chi connectivity index (χ4n) is 1.89. The monoisotopic (exact) mass is 303 g/mol. The number of allylic oxidation sites excluding steroid dienone is 1. The number of aliphatic hydroxyl groups excluding tert-OH is 1. The molecule has 1 saturated carbocycles. The molecule has 0 atom stereocenters. The lowest BCUT2D eigenvalue weighted by molar-refractivity contribution is -0.127. The third kappa shape index (κ3) is 3.72. The van der Waals surface area contributed by atoms with Crippen LogP contribution in [0.4, 0.5) is 0 Å². The van der Waals surface area contributed by atoms with Crippen molar-refractivity contribution in [2.24, 2.45) is 11.8 Å². The van der Waals surface area contributed by atoms with Gasteiger partial charge in [-0.15, -0.1) is 11.3 Å². The predicted octanol–water partition coefficient (Wildman–Crippen LogP) is 2.60.